The summed E-state index contributed by atoms with van der Waals surface area (Å²) in [5, 5.41) is 0. The molecule has 0 unspecified atom stereocenters. The van der Waals surface area contributed by atoms with E-state index in [0.717, 1.165) is 32.1 Å². The van der Waals surface area contributed by atoms with Crippen molar-refractivity contribution in [3.05, 3.63) is 60.8 Å². The van der Waals surface area contributed by atoms with Crippen LogP contribution in [0.15, 0.2) is 60.8 Å². The Bertz CT molecular complexity index is 669. The third-order valence-corrected chi connectivity index (χ3v) is 3.90. The minimum atomic E-state index is -0.726. The van der Waals surface area contributed by atoms with Crippen LogP contribution in [-0.4, -0.2) is 37.2 Å². The van der Waals surface area contributed by atoms with E-state index in [-0.39, 0.29) is 5.97 Å². The van der Waals surface area contributed by atoms with Gasteiger partial charge in [0.25, 0.3) is 0 Å². The summed E-state index contributed by atoms with van der Waals surface area (Å²) < 4.78 is 15.2. The van der Waals surface area contributed by atoms with Gasteiger partial charge in [-0.05, 0) is 37.8 Å². The highest BCUT2D eigenvalue weighted by atomic mass is 16.6. The Balaban J connectivity index is 4.81. The second kappa shape index (κ2) is 19.1. The van der Waals surface area contributed by atoms with Crippen LogP contribution in [0.1, 0.15) is 59.3 Å². The van der Waals surface area contributed by atoms with Gasteiger partial charge < -0.3 is 14.2 Å². The summed E-state index contributed by atoms with van der Waals surface area (Å²) in [5.74, 6) is -1.11. The number of ether oxygens (including phenoxy) is 3. The molecule has 0 aromatic carbocycles. The van der Waals surface area contributed by atoms with Crippen LogP contribution >= 0.6 is 0 Å². The lowest BCUT2D eigenvalue weighted by molar-refractivity contribution is -0.158. The fourth-order valence-electron chi connectivity index (χ4n) is 2.42. The van der Waals surface area contributed by atoms with Crippen molar-refractivity contribution in [3.63, 3.8) is 0 Å². The quantitative estimate of drug-likeness (QED) is 0.117. The van der Waals surface area contributed by atoms with E-state index in [1.165, 1.54) is 21.0 Å². The zero-order chi connectivity index (χ0) is 23.3. The zero-order valence-corrected chi connectivity index (χ0v) is 19.1. The maximum absolute atomic E-state index is 11.5. The van der Waals surface area contributed by atoms with Crippen LogP contribution in [0.4, 0.5) is 0 Å². The van der Waals surface area contributed by atoms with E-state index in [0.29, 0.717) is 6.42 Å². The molecule has 0 aliphatic rings. The summed E-state index contributed by atoms with van der Waals surface area (Å²) in [6.07, 6.45) is 21.9. The standard InChI is InChI=1S/C25H36O6/c1-5-6-7-12-15-18-23(30-21(2)26)24(31-22(3)27)19-16-13-10-8-9-11-14-17-20-25(28)29-4/h7,9-13,15-16,18-19,23-24H,5-6,8,14,17,20H2,1-4H3/b11-9-,12-7+,13-10-,18-15-,19-16+/t23-,24+/m0/s1. The SMILES string of the molecule is CCC/C=C/C=C\[C@H](OC(C)=O)[C@@H](/C=C/C=C\C/C=C\CCCC(=O)OC)OC(C)=O. The van der Waals surface area contributed by atoms with Gasteiger partial charge in [-0.2, -0.15) is 0 Å². The maximum atomic E-state index is 11.5. The Kier molecular flexibility index (Phi) is 17.3. The lowest BCUT2D eigenvalue weighted by Gasteiger charge is -2.21. The van der Waals surface area contributed by atoms with Crippen molar-refractivity contribution in [2.45, 2.75) is 71.5 Å². The minimum Gasteiger partial charge on any atom is -0.469 e. The van der Waals surface area contributed by atoms with Crippen molar-refractivity contribution in [2.75, 3.05) is 7.11 Å². The summed E-state index contributed by atoms with van der Waals surface area (Å²) in [7, 11) is 1.39. The molecule has 0 aliphatic heterocycles. The van der Waals surface area contributed by atoms with Crippen LogP contribution < -0.4 is 0 Å². The molecule has 0 amide bonds. The summed E-state index contributed by atoms with van der Waals surface area (Å²) >= 11 is 0. The van der Waals surface area contributed by atoms with E-state index in [4.69, 9.17) is 9.47 Å². The maximum Gasteiger partial charge on any atom is 0.305 e. The van der Waals surface area contributed by atoms with Crippen molar-refractivity contribution >= 4 is 17.9 Å². The summed E-state index contributed by atoms with van der Waals surface area (Å²) in [6, 6.07) is 0. The Morgan fingerprint density at radius 3 is 1.87 bits per heavy atom. The average Bonchev–Trinajstić information content (AvgIpc) is 2.72. The highest BCUT2D eigenvalue weighted by molar-refractivity contribution is 5.69. The molecule has 172 valence electrons. The van der Waals surface area contributed by atoms with E-state index in [1.54, 1.807) is 24.3 Å². The molecule has 0 radical (unpaired) electrons. The van der Waals surface area contributed by atoms with Crippen molar-refractivity contribution in [1.82, 2.24) is 0 Å². The van der Waals surface area contributed by atoms with E-state index >= 15 is 0 Å². The normalized spacial score (nSPS) is 14.1. The summed E-state index contributed by atoms with van der Waals surface area (Å²) in [6.45, 7) is 4.73. The van der Waals surface area contributed by atoms with E-state index in [1.807, 2.05) is 36.5 Å². The van der Waals surface area contributed by atoms with Crippen molar-refractivity contribution in [3.8, 4) is 0 Å². The smallest absolute Gasteiger partial charge is 0.305 e. The number of rotatable bonds is 15. The van der Waals surface area contributed by atoms with Gasteiger partial charge in [0, 0.05) is 20.3 Å². The van der Waals surface area contributed by atoms with Crippen molar-refractivity contribution in [2.24, 2.45) is 0 Å². The largest absolute Gasteiger partial charge is 0.469 e. The molecular weight excluding hydrogens is 396 g/mol. The van der Waals surface area contributed by atoms with Crippen LogP contribution in [0, 0.1) is 0 Å². The molecule has 0 aromatic heterocycles. The molecule has 0 bridgehead atoms. The molecule has 31 heavy (non-hydrogen) atoms. The molecule has 0 heterocycles. The first-order valence-corrected chi connectivity index (χ1v) is 10.6. The summed E-state index contributed by atoms with van der Waals surface area (Å²) in [5.41, 5.74) is 0. The highest BCUT2D eigenvalue weighted by Crippen LogP contribution is 2.10. The first-order chi connectivity index (χ1) is 14.9. The number of carbonyl (C=O) groups is 3. The van der Waals surface area contributed by atoms with Gasteiger partial charge in [0.05, 0.1) is 7.11 Å². The molecule has 2 atom stereocenters. The molecule has 0 aliphatic carbocycles. The number of methoxy groups -OCH3 is 1. The van der Waals surface area contributed by atoms with Gasteiger partial charge in [-0.1, -0.05) is 62.0 Å². The topological polar surface area (TPSA) is 78.9 Å². The molecule has 6 nitrogen and oxygen atoms in total. The molecule has 0 N–H and O–H groups in total. The Hall–Kier alpha value is -2.89. The fraction of sp³-hybridized carbons (Fsp3) is 0.480. The van der Waals surface area contributed by atoms with Gasteiger partial charge in [0.15, 0.2) is 12.2 Å². The molecule has 0 spiro atoms. The molecule has 6 heteroatoms. The van der Waals surface area contributed by atoms with E-state index in [9.17, 15) is 14.4 Å². The fourth-order valence-corrected chi connectivity index (χ4v) is 2.42. The third-order valence-electron chi connectivity index (χ3n) is 3.90. The van der Waals surface area contributed by atoms with Crippen LogP contribution in [0.2, 0.25) is 0 Å². The molecule has 0 rings (SSSR count). The predicted octanol–water partition coefficient (Wildman–Crippen LogP) is 5.16. The van der Waals surface area contributed by atoms with Crippen LogP contribution in [-0.2, 0) is 28.6 Å². The number of unbranched alkanes of at least 4 members (excludes halogenated alkanes) is 2. The number of esters is 3. The van der Waals surface area contributed by atoms with Gasteiger partial charge in [-0.3, -0.25) is 14.4 Å². The molecular formula is C25H36O6. The first-order valence-electron chi connectivity index (χ1n) is 10.6. The summed E-state index contributed by atoms with van der Waals surface area (Å²) in [4.78, 5) is 34.0. The number of allylic oxidation sites excluding steroid dienone is 8. The van der Waals surface area contributed by atoms with Crippen LogP contribution in [0.3, 0.4) is 0 Å². The lowest BCUT2D eigenvalue weighted by Crippen LogP contribution is -2.31. The zero-order valence-electron chi connectivity index (χ0n) is 19.1. The first kappa shape index (κ1) is 28.1. The van der Waals surface area contributed by atoms with Crippen molar-refractivity contribution < 1.29 is 28.6 Å². The van der Waals surface area contributed by atoms with Gasteiger partial charge in [-0.15, -0.1) is 0 Å². The van der Waals surface area contributed by atoms with E-state index in [2.05, 4.69) is 11.7 Å². The molecule has 0 saturated heterocycles. The van der Waals surface area contributed by atoms with E-state index < -0.39 is 24.1 Å². The predicted molar refractivity (Wildman–Crippen MR) is 122 cm³/mol. The average molecular weight is 433 g/mol. The lowest BCUT2D eigenvalue weighted by atomic mass is 10.1. The molecule has 0 fully saturated rings. The number of carbonyl (C=O) groups excluding carboxylic acids is 3. The molecule has 0 aromatic rings. The second-order valence-electron chi connectivity index (χ2n) is 6.74. The Morgan fingerprint density at radius 1 is 0.774 bits per heavy atom. The number of hydrogen-bond donors (Lipinski definition) is 0. The third kappa shape index (κ3) is 17.7. The monoisotopic (exact) mass is 432 g/mol. The van der Waals surface area contributed by atoms with Gasteiger partial charge in [-0.25, -0.2) is 0 Å². The van der Waals surface area contributed by atoms with Crippen molar-refractivity contribution in [1.29, 1.82) is 0 Å². The van der Waals surface area contributed by atoms with Crippen LogP contribution in [0.25, 0.3) is 0 Å². The van der Waals surface area contributed by atoms with Gasteiger partial charge >= 0.3 is 17.9 Å². The minimum absolute atomic E-state index is 0.195. The van der Waals surface area contributed by atoms with Gasteiger partial charge in [0.2, 0.25) is 0 Å². The molecule has 0 saturated carbocycles. The number of hydrogen-bond acceptors (Lipinski definition) is 6. The second-order valence-corrected chi connectivity index (χ2v) is 6.74. The van der Waals surface area contributed by atoms with Gasteiger partial charge in [0.1, 0.15) is 0 Å². The highest BCUT2D eigenvalue weighted by Gasteiger charge is 2.22. The Morgan fingerprint density at radius 2 is 1.35 bits per heavy atom. The Labute approximate surface area is 186 Å². The van der Waals surface area contributed by atoms with Crippen LogP contribution in [0.5, 0.6) is 0 Å².